The molecule has 1 aromatic carbocycles. The Bertz CT molecular complexity index is 500. The molecule has 0 saturated heterocycles. The van der Waals surface area contributed by atoms with Gasteiger partial charge in [-0.2, -0.15) is 0 Å². The van der Waals surface area contributed by atoms with Crippen LogP contribution in [0.25, 0.3) is 0 Å². The maximum Gasteiger partial charge on any atom is 0.254 e. The van der Waals surface area contributed by atoms with Gasteiger partial charge in [0, 0.05) is 11.6 Å². The first-order valence-corrected chi connectivity index (χ1v) is 6.25. The number of amides is 1. The van der Waals surface area contributed by atoms with Crippen molar-refractivity contribution in [1.82, 2.24) is 5.32 Å². The van der Waals surface area contributed by atoms with Gasteiger partial charge in [-0.1, -0.05) is 0 Å². The van der Waals surface area contributed by atoms with Gasteiger partial charge >= 0.3 is 0 Å². The summed E-state index contributed by atoms with van der Waals surface area (Å²) in [6.45, 7) is 0. The average Bonchev–Trinajstić information content (AvgIpc) is 2.15. The molecule has 0 radical (unpaired) electrons. The number of halogens is 3. The Morgan fingerprint density at radius 3 is 2.47 bits per heavy atom. The fourth-order valence-corrected chi connectivity index (χ4v) is 2.98. The van der Waals surface area contributed by atoms with E-state index in [2.05, 4.69) is 21.2 Å². The molecule has 4 rings (SSSR count). The Hall–Kier alpha value is -0.970. The van der Waals surface area contributed by atoms with Crippen LogP contribution in [0.15, 0.2) is 16.6 Å². The third-order valence-electron chi connectivity index (χ3n) is 3.67. The fraction of sp³-hybridized carbons (Fsp3) is 0.417. The third-order valence-corrected chi connectivity index (χ3v) is 4.28. The third kappa shape index (κ3) is 1.68. The largest absolute Gasteiger partial charge is 0.346 e. The molecule has 1 aromatic rings. The molecule has 1 N–H and O–H groups in total. The quantitative estimate of drug-likeness (QED) is 0.836. The molecule has 0 atom stereocenters. The molecule has 90 valence electrons. The van der Waals surface area contributed by atoms with E-state index < -0.39 is 17.5 Å². The van der Waals surface area contributed by atoms with Crippen LogP contribution in [0.1, 0.15) is 29.6 Å². The maximum atomic E-state index is 13.5. The van der Waals surface area contributed by atoms with Crippen molar-refractivity contribution in [3.8, 4) is 0 Å². The van der Waals surface area contributed by atoms with Gasteiger partial charge in [-0.3, -0.25) is 4.79 Å². The highest BCUT2D eigenvalue weighted by Gasteiger charge is 2.57. The van der Waals surface area contributed by atoms with Crippen molar-refractivity contribution in [3.05, 3.63) is 33.8 Å². The molecular weight excluding hydrogens is 292 g/mol. The zero-order valence-corrected chi connectivity index (χ0v) is 10.5. The molecule has 0 heterocycles. The molecular formula is C12H10BrF2NO. The topological polar surface area (TPSA) is 29.1 Å². The molecule has 2 nitrogen and oxygen atoms in total. The summed E-state index contributed by atoms with van der Waals surface area (Å²) in [5, 5.41) is 2.84. The number of hydrogen-bond donors (Lipinski definition) is 1. The van der Waals surface area contributed by atoms with E-state index in [4.69, 9.17) is 0 Å². The maximum absolute atomic E-state index is 13.5. The first-order valence-electron chi connectivity index (χ1n) is 5.46. The Morgan fingerprint density at radius 2 is 1.94 bits per heavy atom. The van der Waals surface area contributed by atoms with Crippen LogP contribution in [0.5, 0.6) is 0 Å². The Balaban J connectivity index is 1.83. The zero-order chi connectivity index (χ0) is 12.2. The van der Waals surface area contributed by atoms with Crippen LogP contribution in [0.4, 0.5) is 8.78 Å². The SMILES string of the molecule is O=C(NC12CC(C1)C2)c1cc(Br)c(F)cc1F. The molecule has 1 amide bonds. The van der Waals surface area contributed by atoms with Crippen LogP contribution in [-0.2, 0) is 0 Å². The molecule has 3 aliphatic rings. The van der Waals surface area contributed by atoms with Gasteiger partial charge < -0.3 is 5.32 Å². The first kappa shape index (κ1) is 11.1. The summed E-state index contributed by atoms with van der Waals surface area (Å²) in [7, 11) is 0. The lowest BCUT2D eigenvalue weighted by molar-refractivity contribution is -0.0439. The first-order chi connectivity index (χ1) is 7.99. The molecule has 3 fully saturated rings. The van der Waals surface area contributed by atoms with Crippen LogP contribution in [0.2, 0.25) is 0 Å². The minimum Gasteiger partial charge on any atom is -0.346 e. The van der Waals surface area contributed by atoms with Gasteiger partial charge in [0.05, 0.1) is 10.0 Å². The van der Waals surface area contributed by atoms with E-state index >= 15 is 0 Å². The number of benzene rings is 1. The molecule has 0 aliphatic heterocycles. The standard InChI is InChI=1S/C12H10BrF2NO/c13-8-1-7(9(14)2-10(8)15)11(17)16-12-3-6(4-12)5-12/h1-2,6H,3-5H2,(H,16,17). The van der Waals surface area contributed by atoms with Crippen LogP contribution >= 0.6 is 15.9 Å². The average molecular weight is 302 g/mol. The summed E-state index contributed by atoms with van der Waals surface area (Å²) in [6.07, 6.45) is 2.97. The lowest BCUT2D eigenvalue weighted by atomic mass is 9.50. The highest BCUT2D eigenvalue weighted by molar-refractivity contribution is 9.10. The van der Waals surface area contributed by atoms with Crippen molar-refractivity contribution in [2.45, 2.75) is 24.8 Å². The van der Waals surface area contributed by atoms with Crippen LogP contribution in [0.3, 0.4) is 0 Å². The Morgan fingerprint density at radius 1 is 1.29 bits per heavy atom. The van der Waals surface area contributed by atoms with Crippen LogP contribution in [0, 0.1) is 17.6 Å². The predicted octanol–water partition coefficient (Wildman–Crippen LogP) is 3.01. The van der Waals surface area contributed by atoms with Gasteiger partial charge in [0.1, 0.15) is 11.6 Å². The Kier molecular flexibility index (Phi) is 2.30. The van der Waals surface area contributed by atoms with Gasteiger partial charge in [0.25, 0.3) is 5.91 Å². The van der Waals surface area contributed by atoms with E-state index in [1.54, 1.807) is 0 Å². The van der Waals surface area contributed by atoms with Crippen molar-refractivity contribution < 1.29 is 13.6 Å². The van der Waals surface area contributed by atoms with Crippen LogP contribution < -0.4 is 5.32 Å². The van der Waals surface area contributed by atoms with E-state index in [1.807, 2.05) is 0 Å². The normalized spacial score (nSPS) is 29.2. The lowest BCUT2D eigenvalue weighted by Gasteiger charge is -2.61. The highest BCUT2D eigenvalue weighted by Crippen LogP contribution is 2.57. The minimum absolute atomic E-state index is 0.0987. The van der Waals surface area contributed by atoms with E-state index in [9.17, 15) is 13.6 Å². The highest BCUT2D eigenvalue weighted by atomic mass is 79.9. The second-order valence-corrected chi connectivity index (χ2v) is 5.81. The van der Waals surface area contributed by atoms with Gasteiger partial charge in [-0.25, -0.2) is 8.78 Å². The summed E-state index contributed by atoms with van der Waals surface area (Å²) in [5.41, 5.74) is -0.210. The molecule has 2 bridgehead atoms. The number of hydrogen-bond acceptors (Lipinski definition) is 1. The van der Waals surface area contributed by atoms with Gasteiger partial charge in [0.15, 0.2) is 0 Å². The van der Waals surface area contributed by atoms with Gasteiger partial charge in [0.2, 0.25) is 0 Å². The van der Waals surface area contributed by atoms with Crippen LogP contribution in [-0.4, -0.2) is 11.4 Å². The van der Waals surface area contributed by atoms with Crippen molar-refractivity contribution in [3.63, 3.8) is 0 Å². The summed E-state index contributed by atoms with van der Waals surface area (Å²) in [5.74, 6) is -1.25. The van der Waals surface area contributed by atoms with Gasteiger partial charge in [-0.05, 0) is 47.2 Å². The number of rotatable bonds is 2. The van der Waals surface area contributed by atoms with Crippen molar-refractivity contribution in [2.24, 2.45) is 5.92 Å². The summed E-state index contributed by atoms with van der Waals surface area (Å²) >= 11 is 2.95. The van der Waals surface area contributed by atoms with Crippen molar-refractivity contribution in [2.75, 3.05) is 0 Å². The molecule has 5 heteroatoms. The predicted molar refractivity (Wildman–Crippen MR) is 61.6 cm³/mol. The number of carbonyl (C=O) groups excluding carboxylic acids is 1. The lowest BCUT2D eigenvalue weighted by Crippen LogP contribution is -2.68. The number of nitrogens with one attached hydrogen (secondary N) is 1. The molecule has 17 heavy (non-hydrogen) atoms. The molecule has 3 saturated carbocycles. The van der Waals surface area contributed by atoms with Crippen molar-refractivity contribution >= 4 is 21.8 Å². The van der Waals surface area contributed by atoms with E-state index in [0.717, 1.165) is 31.2 Å². The Labute approximate surface area is 106 Å². The van der Waals surface area contributed by atoms with Crippen molar-refractivity contribution in [1.29, 1.82) is 0 Å². The van der Waals surface area contributed by atoms with E-state index in [1.165, 1.54) is 6.07 Å². The molecule has 0 aromatic heterocycles. The second-order valence-electron chi connectivity index (χ2n) is 4.96. The fourth-order valence-electron chi connectivity index (χ4n) is 2.64. The van der Waals surface area contributed by atoms with Gasteiger partial charge in [-0.15, -0.1) is 0 Å². The number of carbonyl (C=O) groups is 1. The molecule has 0 spiro atoms. The minimum atomic E-state index is -0.824. The van der Waals surface area contributed by atoms with E-state index in [0.29, 0.717) is 0 Å². The summed E-state index contributed by atoms with van der Waals surface area (Å²) < 4.78 is 26.6. The zero-order valence-electron chi connectivity index (χ0n) is 8.90. The molecule has 3 aliphatic carbocycles. The van der Waals surface area contributed by atoms with E-state index in [-0.39, 0.29) is 15.6 Å². The smallest absolute Gasteiger partial charge is 0.254 e. The second kappa shape index (κ2) is 3.51. The summed E-state index contributed by atoms with van der Waals surface area (Å²) in [4.78, 5) is 11.9. The molecule has 0 unspecified atom stereocenters. The summed E-state index contributed by atoms with van der Waals surface area (Å²) in [6, 6.07) is 1.91. The monoisotopic (exact) mass is 301 g/mol.